The van der Waals surface area contributed by atoms with Gasteiger partial charge in [0.2, 0.25) is 10.0 Å². The van der Waals surface area contributed by atoms with E-state index >= 15 is 0 Å². The maximum atomic E-state index is 11.0. The zero-order valence-electron chi connectivity index (χ0n) is 6.37. The number of nitrogens with zero attached hydrogens (tertiary/aromatic N) is 1. The SMILES string of the molecule is O=S(=O)(CCl)Nc1cc(Cl)ccn1. The Morgan fingerprint density at radius 3 is 2.77 bits per heavy atom. The summed E-state index contributed by atoms with van der Waals surface area (Å²) in [5.41, 5.74) is 0. The van der Waals surface area contributed by atoms with Gasteiger partial charge in [0.05, 0.1) is 0 Å². The van der Waals surface area contributed by atoms with Crippen LogP contribution in [0.15, 0.2) is 18.3 Å². The van der Waals surface area contributed by atoms with Crippen LogP contribution in [-0.4, -0.2) is 18.6 Å². The second-order valence-corrected chi connectivity index (χ2v) is 4.93. The zero-order chi connectivity index (χ0) is 9.90. The van der Waals surface area contributed by atoms with E-state index in [1.807, 2.05) is 0 Å². The Morgan fingerprint density at radius 1 is 1.54 bits per heavy atom. The summed E-state index contributed by atoms with van der Waals surface area (Å²) in [6.07, 6.45) is 1.40. The third kappa shape index (κ3) is 3.38. The average Bonchev–Trinajstić information content (AvgIpc) is 2.03. The van der Waals surface area contributed by atoms with E-state index in [9.17, 15) is 8.42 Å². The predicted molar refractivity (Wildman–Crippen MR) is 52.5 cm³/mol. The highest BCUT2D eigenvalue weighted by atomic mass is 35.5. The molecule has 0 bridgehead atoms. The summed E-state index contributed by atoms with van der Waals surface area (Å²) in [5, 5.41) is -0.108. The van der Waals surface area contributed by atoms with Crippen LogP contribution >= 0.6 is 23.2 Å². The summed E-state index contributed by atoms with van der Waals surface area (Å²) in [7, 11) is -3.50. The number of hydrogen-bond donors (Lipinski definition) is 1. The molecule has 7 heteroatoms. The van der Waals surface area contributed by atoms with Gasteiger partial charge in [-0.3, -0.25) is 4.72 Å². The van der Waals surface area contributed by atoms with Crippen molar-refractivity contribution in [3.63, 3.8) is 0 Å². The lowest BCUT2D eigenvalue weighted by molar-refractivity contribution is 0.605. The molecule has 0 aliphatic heterocycles. The first kappa shape index (κ1) is 10.6. The van der Waals surface area contributed by atoms with Gasteiger partial charge in [-0.15, -0.1) is 11.6 Å². The minimum atomic E-state index is -3.50. The first-order valence-corrected chi connectivity index (χ1v) is 5.78. The van der Waals surface area contributed by atoms with Gasteiger partial charge in [0, 0.05) is 17.3 Å². The third-order valence-electron chi connectivity index (χ3n) is 1.13. The van der Waals surface area contributed by atoms with Crippen LogP contribution in [0.25, 0.3) is 0 Å². The number of pyridine rings is 1. The lowest BCUT2D eigenvalue weighted by atomic mass is 10.5. The van der Waals surface area contributed by atoms with Crippen molar-refractivity contribution >= 4 is 39.0 Å². The highest BCUT2D eigenvalue weighted by molar-refractivity contribution is 7.93. The number of hydrogen-bond acceptors (Lipinski definition) is 3. The Morgan fingerprint density at radius 2 is 2.23 bits per heavy atom. The summed E-state index contributed by atoms with van der Waals surface area (Å²) < 4.78 is 24.1. The monoisotopic (exact) mass is 240 g/mol. The number of alkyl halides is 1. The van der Waals surface area contributed by atoms with Crippen LogP contribution in [0.2, 0.25) is 5.02 Å². The molecule has 0 atom stereocenters. The highest BCUT2D eigenvalue weighted by Crippen LogP contribution is 2.13. The Bertz CT molecular complexity index is 393. The fraction of sp³-hybridized carbons (Fsp3) is 0.167. The van der Waals surface area contributed by atoms with E-state index in [4.69, 9.17) is 23.2 Å². The van der Waals surface area contributed by atoms with E-state index in [1.54, 1.807) is 6.07 Å². The average molecular weight is 241 g/mol. The van der Waals surface area contributed by atoms with Crippen LogP contribution in [0, 0.1) is 0 Å². The molecule has 13 heavy (non-hydrogen) atoms. The largest absolute Gasteiger partial charge is 0.266 e. The number of rotatable bonds is 3. The van der Waals surface area contributed by atoms with Gasteiger partial charge in [0.25, 0.3) is 0 Å². The zero-order valence-corrected chi connectivity index (χ0v) is 8.70. The summed E-state index contributed by atoms with van der Waals surface area (Å²) in [6.45, 7) is 0. The minimum Gasteiger partial charge on any atom is -0.266 e. The Balaban J connectivity index is 2.87. The van der Waals surface area contributed by atoms with Crippen LogP contribution in [0.3, 0.4) is 0 Å². The van der Waals surface area contributed by atoms with E-state index in [1.165, 1.54) is 12.3 Å². The van der Waals surface area contributed by atoms with Crippen LogP contribution in [0.5, 0.6) is 0 Å². The molecule has 4 nitrogen and oxygen atoms in total. The van der Waals surface area contributed by atoms with E-state index in [0.29, 0.717) is 5.02 Å². The van der Waals surface area contributed by atoms with Gasteiger partial charge < -0.3 is 0 Å². The normalized spacial score (nSPS) is 11.2. The standard InChI is InChI=1S/C6H6Cl2N2O2S/c7-4-13(11,12)10-6-3-5(8)1-2-9-6/h1-3H,4H2,(H,9,10). The fourth-order valence-corrected chi connectivity index (χ4v) is 1.46. The third-order valence-corrected chi connectivity index (χ3v) is 3.03. The highest BCUT2D eigenvalue weighted by Gasteiger charge is 2.08. The van der Waals surface area contributed by atoms with Gasteiger partial charge in [0.15, 0.2) is 0 Å². The quantitative estimate of drug-likeness (QED) is 0.819. The van der Waals surface area contributed by atoms with Crippen LogP contribution < -0.4 is 4.72 Å². The molecular formula is C6H6Cl2N2O2S. The predicted octanol–water partition coefficient (Wildman–Crippen LogP) is 1.67. The molecule has 0 fully saturated rings. The summed E-state index contributed by atoms with van der Waals surface area (Å²) in [4.78, 5) is 3.74. The van der Waals surface area contributed by atoms with Crippen molar-refractivity contribution in [2.45, 2.75) is 0 Å². The van der Waals surface area contributed by atoms with Crippen molar-refractivity contribution in [2.75, 3.05) is 9.93 Å². The van der Waals surface area contributed by atoms with Crippen molar-refractivity contribution < 1.29 is 8.42 Å². The maximum absolute atomic E-state index is 11.0. The topological polar surface area (TPSA) is 59.1 Å². The van der Waals surface area contributed by atoms with E-state index < -0.39 is 15.2 Å². The molecular weight excluding hydrogens is 235 g/mol. The van der Waals surface area contributed by atoms with Gasteiger partial charge in [-0.2, -0.15) is 0 Å². The number of anilines is 1. The number of nitrogens with one attached hydrogen (secondary N) is 1. The van der Waals surface area contributed by atoms with Crippen molar-refractivity contribution in [3.8, 4) is 0 Å². The van der Waals surface area contributed by atoms with Gasteiger partial charge in [-0.1, -0.05) is 11.6 Å². The van der Waals surface area contributed by atoms with Crippen molar-refractivity contribution in [3.05, 3.63) is 23.4 Å². The van der Waals surface area contributed by atoms with Gasteiger partial charge in [0.1, 0.15) is 11.0 Å². The second kappa shape index (κ2) is 4.13. The molecule has 0 spiro atoms. The Kier molecular flexibility index (Phi) is 3.35. The summed E-state index contributed by atoms with van der Waals surface area (Å²) in [5.74, 6) is 0.160. The van der Waals surface area contributed by atoms with Crippen molar-refractivity contribution in [2.24, 2.45) is 0 Å². The van der Waals surface area contributed by atoms with Crippen LogP contribution in [-0.2, 0) is 10.0 Å². The molecule has 72 valence electrons. The van der Waals surface area contributed by atoms with Gasteiger partial charge in [-0.05, 0) is 6.07 Å². The van der Waals surface area contributed by atoms with Crippen LogP contribution in [0.4, 0.5) is 5.82 Å². The lowest BCUT2D eigenvalue weighted by Gasteiger charge is -2.03. The molecule has 1 rings (SSSR count). The first-order valence-electron chi connectivity index (χ1n) is 3.21. The summed E-state index contributed by atoms with van der Waals surface area (Å²) in [6, 6.07) is 2.94. The minimum absolute atomic E-state index is 0.160. The van der Waals surface area contributed by atoms with Gasteiger partial charge >= 0.3 is 0 Å². The molecule has 0 aromatic carbocycles. The van der Waals surface area contributed by atoms with Crippen molar-refractivity contribution in [1.29, 1.82) is 0 Å². The van der Waals surface area contributed by atoms with Crippen LogP contribution in [0.1, 0.15) is 0 Å². The fourth-order valence-electron chi connectivity index (χ4n) is 0.647. The Hall–Kier alpha value is -0.520. The first-order chi connectivity index (χ1) is 6.03. The molecule has 1 aromatic heterocycles. The van der Waals surface area contributed by atoms with Crippen molar-refractivity contribution in [1.82, 2.24) is 4.98 Å². The molecule has 0 unspecified atom stereocenters. The van der Waals surface area contributed by atoms with Gasteiger partial charge in [-0.25, -0.2) is 13.4 Å². The number of halogens is 2. The lowest BCUT2D eigenvalue weighted by Crippen LogP contribution is -2.14. The molecule has 0 aliphatic carbocycles. The molecule has 0 saturated carbocycles. The molecule has 1 heterocycles. The number of sulfonamides is 1. The van der Waals surface area contributed by atoms with E-state index in [-0.39, 0.29) is 5.82 Å². The second-order valence-electron chi connectivity index (χ2n) is 2.19. The van der Waals surface area contributed by atoms with E-state index in [2.05, 4.69) is 9.71 Å². The molecule has 0 saturated heterocycles. The molecule has 0 radical (unpaired) electrons. The van der Waals surface area contributed by atoms with E-state index in [0.717, 1.165) is 0 Å². The maximum Gasteiger partial charge on any atom is 0.247 e. The smallest absolute Gasteiger partial charge is 0.247 e. The molecule has 0 amide bonds. The Labute approximate surface area is 85.9 Å². The molecule has 0 aliphatic rings. The number of aromatic nitrogens is 1. The molecule has 1 aromatic rings. The summed E-state index contributed by atoms with van der Waals surface area (Å²) >= 11 is 10.8. The molecule has 1 N–H and O–H groups in total.